The molecule has 0 aliphatic heterocycles. The van der Waals surface area contributed by atoms with Crippen LogP contribution in [0.1, 0.15) is 57.1 Å². The van der Waals surface area contributed by atoms with E-state index in [-0.39, 0.29) is 26.5 Å². The molecule has 0 bridgehead atoms. The molecular formula is C41H38N4OPt. The van der Waals surface area contributed by atoms with Crippen molar-refractivity contribution in [1.82, 2.24) is 19.3 Å². The molecule has 238 valence electrons. The summed E-state index contributed by atoms with van der Waals surface area (Å²) in [6.07, 6.45) is 3.52. The minimum Gasteiger partial charge on any atom is -0.509 e. The number of ether oxygens (including phenoxy) is 1. The van der Waals surface area contributed by atoms with Crippen molar-refractivity contribution in [2.24, 2.45) is 0 Å². The molecule has 0 aliphatic rings. The van der Waals surface area contributed by atoms with E-state index >= 15 is 0 Å². The first-order valence-corrected chi connectivity index (χ1v) is 16.1. The molecule has 0 atom stereocenters. The third-order valence-corrected chi connectivity index (χ3v) is 8.63. The molecule has 0 saturated carbocycles. The second-order valence-corrected chi connectivity index (χ2v) is 12.8. The van der Waals surface area contributed by atoms with Gasteiger partial charge in [-0.05, 0) is 71.1 Å². The van der Waals surface area contributed by atoms with Crippen LogP contribution >= 0.6 is 0 Å². The number of benzene rings is 4. The van der Waals surface area contributed by atoms with Crippen molar-refractivity contribution < 1.29 is 25.8 Å². The molecule has 0 fully saturated rings. The molecule has 3 aromatic heterocycles. The molecule has 0 N–H and O–H groups in total. The van der Waals surface area contributed by atoms with E-state index in [2.05, 4.69) is 119 Å². The van der Waals surface area contributed by atoms with Crippen molar-refractivity contribution in [1.29, 1.82) is 0 Å². The van der Waals surface area contributed by atoms with Crippen LogP contribution in [0.4, 0.5) is 0 Å². The first-order valence-electron chi connectivity index (χ1n) is 16.1. The van der Waals surface area contributed by atoms with Crippen LogP contribution in [0.25, 0.3) is 44.4 Å². The van der Waals surface area contributed by atoms with Crippen molar-refractivity contribution in [3.05, 3.63) is 132 Å². The maximum atomic E-state index is 6.45. The number of hydrogen-bond donors (Lipinski definition) is 0. The SMILES string of the molecule is CCc1nn(-c2[c-]c(Oc3[c-]c4c(cc3)c3ccccc3n4-c3cc(C)ccn3)ccc2)c(CC)c1-c1cccc(C(C)(C)C)c1.[Pt+2]. The number of para-hydroxylation sites is 1. The molecule has 3 heterocycles. The van der Waals surface area contributed by atoms with Crippen molar-refractivity contribution >= 4 is 21.8 Å². The Morgan fingerprint density at radius 2 is 1.57 bits per heavy atom. The molecule has 7 aromatic rings. The third kappa shape index (κ3) is 6.05. The Bertz CT molecular complexity index is 2220. The molecule has 0 radical (unpaired) electrons. The van der Waals surface area contributed by atoms with Gasteiger partial charge in [0.05, 0.1) is 5.69 Å². The number of fused-ring (bicyclic) bond motifs is 3. The molecule has 0 unspecified atom stereocenters. The van der Waals surface area contributed by atoms with E-state index < -0.39 is 0 Å². The molecule has 0 saturated heterocycles. The summed E-state index contributed by atoms with van der Waals surface area (Å²) in [5.41, 5.74) is 10.1. The van der Waals surface area contributed by atoms with Crippen LogP contribution in [0.5, 0.6) is 11.5 Å². The molecular weight excluding hydrogens is 760 g/mol. The first-order chi connectivity index (χ1) is 22.2. The summed E-state index contributed by atoms with van der Waals surface area (Å²) in [5, 5.41) is 7.37. The Morgan fingerprint density at radius 3 is 2.34 bits per heavy atom. The molecule has 7 rings (SSSR count). The minimum atomic E-state index is 0. The maximum Gasteiger partial charge on any atom is 2.00 e. The molecule has 4 aromatic carbocycles. The summed E-state index contributed by atoms with van der Waals surface area (Å²) < 4.78 is 10.6. The van der Waals surface area contributed by atoms with E-state index in [4.69, 9.17) is 14.8 Å². The quantitative estimate of drug-likeness (QED) is 0.151. The molecule has 0 aliphatic carbocycles. The van der Waals surface area contributed by atoms with Crippen LogP contribution < -0.4 is 4.74 Å². The van der Waals surface area contributed by atoms with Crippen molar-refractivity contribution in [3.8, 4) is 34.1 Å². The average Bonchev–Trinajstić information content (AvgIpc) is 3.60. The van der Waals surface area contributed by atoms with Gasteiger partial charge < -0.3 is 9.30 Å². The van der Waals surface area contributed by atoms with Gasteiger partial charge in [-0.2, -0.15) is 17.2 Å². The first kappa shape index (κ1) is 32.5. The second-order valence-electron chi connectivity index (χ2n) is 12.8. The smallest absolute Gasteiger partial charge is 0.509 e. The monoisotopic (exact) mass is 797 g/mol. The van der Waals surface area contributed by atoms with Gasteiger partial charge in [-0.3, -0.25) is 4.68 Å². The van der Waals surface area contributed by atoms with Crippen molar-refractivity contribution in [2.45, 2.75) is 59.8 Å². The van der Waals surface area contributed by atoms with Gasteiger partial charge in [0.15, 0.2) is 0 Å². The summed E-state index contributed by atoms with van der Waals surface area (Å²) in [6, 6.07) is 38.5. The van der Waals surface area contributed by atoms with E-state index in [9.17, 15) is 0 Å². The number of aromatic nitrogens is 4. The van der Waals surface area contributed by atoms with Crippen LogP contribution in [0.2, 0.25) is 0 Å². The van der Waals surface area contributed by atoms with E-state index in [0.29, 0.717) is 11.5 Å². The summed E-state index contributed by atoms with van der Waals surface area (Å²) in [5.74, 6) is 2.08. The van der Waals surface area contributed by atoms with Gasteiger partial charge in [0.2, 0.25) is 0 Å². The predicted octanol–water partition coefficient (Wildman–Crippen LogP) is 10.2. The fraction of sp³-hybridized carbons (Fsp3) is 0.220. The Morgan fingerprint density at radius 1 is 0.787 bits per heavy atom. The Labute approximate surface area is 291 Å². The van der Waals surface area contributed by atoms with Gasteiger partial charge in [0, 0.05) is 34.5 Å². The molecule has 0 amide bonds. The van der Waals surface area contributed by atoms with Gasteiger partial charge in [-0.1, -0.05) is 82.6 Å². The number of pyridine rings is 1. The predicted molar refractivity (Wildman–Crippen MR) is 188 cm³/mol. The molecule has 6 heteroatoms. The topological polar surface area (TPSA) is 44.9 Å². The molecule has 47 heavy (non-hydrogen) atoms. The minimum absolute atomic E-state index is 0. The van der Waals surface area contributed by atoms with Gasteiger partial charge in [-0.25, -0.2) is 4.98 Å². The van der Waals surface area contributed by atoms with Crippen molar-refractivity contribution in [3.63, 3.8) is 0 Å². The van der Waals surface area contributed by atoms with E-state index in [1.54, 1.807) is 0 Å². The molecule has 5 nitrogen and oxygen atoms in total. The summed E-state index contributed by atoms with van der Waals surface area (Å²) in [7, 11) is 0. The van der Waals surface area contributed by atoms with E-state index in [0.717, 1.165) is 57.4 Å². The zero-order valence-electron chi connectivity index (χ0n) is 27.7. The van der Waals surface area contributed by atoms with Crippen LogP contribution in [-0.2, 0) is 39.3 Å². The molecule has 0 spiro atoms. The summed E-state index contributed by atoms with van der Waals surface area (Å²) in [6.45, 7) is 13.2. The summed E-state index contributed by atoms with van der Waals surface area (Å²) >= 11 is 0. The normalized spacial score (nSPS) is 11.6. The van der Waals surface area contributed by atoms with Crippen LogP contribution in [0.3, 0.4) is 0 Å². The maximum absolute atomic E-state index is 6.45. The number of aryl methyl sites for hydroxylation is 2. The fourth-order valence-corrected chi connectivity index (χ4v) is 6.30. The van der Waals surface area contributed by atoms with Gasteiger partial charge in [0.25, 0.3) is 0 Å². The second kappa shape index (κ2) is 13.0. The van der Waals surface area contributed by atoms with E-state index in [1.165, 1.54) is 22.4 Å². The van der Waals surface area contributed by atoms with Crippen LogP contribution in [0, 0.1) is 19.1 Å². The summed E-state index contributed by atoms with van der Waals surface area (Å²) in [4.78, 5) is 4.70. The zero-order chi connectivity index (χ0) is 32.0. The number of nitrogens with zero attached hydrogens (tertiary/aromatic N) is 4. The van der Waals surface area contributed by atoms with Gasteiger partial charge in [0.1, 0.15) is 5.82 Å². The van der Waals surface area contributed by atoms with E-state index in [1.807, 2.05) is 41.2 Å². The fourth-order valence-electron chi connectivity index (χ4n) is 6.30. The van der Waals surface area contributed by atoms with Gasteiger partial charge in [-0.15, -0.1) is 35.7 Å². The van der Waals surface area contributed by atoms with Crippen LogP contribution in [0.15, 0.2) is 97.2 Å². The van der Waals surface area contributed by atoms with Crippen molar-refractivity contribution in [2.75, 3.05) is 0 Å². The Balaban J connectivity index is 0.00000386. The number of hydrogen-bond acceptors (Lipinski definition) is 3. The Hall–Kier alpha value is -4.47. The van der Waals surface area contributed by atoms with Crippen LogP contribution in [-0.4, -0.2) is 19.3 Å². The number of rotatable bonds is 7. The average molecular weight is 798 g/mol. The standard InChI is InChI=1S/C41H38N4O.Pt/c1-7-35-40(28-13-11-14-29(24-28)41(4,5)6)36(8-2)45(43-35)30-15-12-16-31(25-30)46-32-19-20-34-33-17-9-10-18-37(33)44(38(34)26-32)39-23-27(3)21-22-42-39;/h9-24H,7-8H2,1-6H3;/q-2;+2. The van der Waals surface area contributed by atoms with Gasteiger partial charge >= 0.3 is 21.1 Å². The Kier molecular flexibility index (Phi) is 8.96. The zero-order valence-corrected chi connectivity index (χ0v) is 29.9. The largest absolute Gasteiger partial charge is 2.00 e. The third-order valence-electron chi connectivity index (χ3n) is 8.63.